The van der Waals surface area contributed by atoms with Crippen LogP contribution in [0.5, 0.6) is 0 Å². The van der Waals surface area contributed by atoms with Crippen LogP contribution in [0.3, 0.4) is 0 Å². The maximum absolute atomic E-state index is 11.9. The van der Waals surface area contributed by atoms with Gasteiger partial charge in [-0.15, -0.1) is 0 Å². The fourth-order valence-electron chi connectivity index (χ4n) is 4.58. The van der Waals surface area contributed by atoms with Crippen LogP contribution < -0.4 is 19.9 Å². The average Bonchev–Trinajstić information content (AvgIpc) is 2.75. The van der Waals surface area contributed by atoms with Crippen molar-refractivity contribution in [1.82, 2.24) is 4.58 Å². The highest BCUT2D eigenvalue weighted by Crippen LogP contribution is 2.42. The van der Waals surface area contributed by atoms with Gasteiger partial charge < -0.3 is 19.2 Å². The maximum atomic E-state index is 11.9. The molecule has 0 unspecified atom stereocenters. The van der Waals surface area contributed by atoms with Crippen LogP contribution in [-0.2, 0) is 9.59 Å². The molecular weight excluding hydrogens is 432 g/mol. The SMILES string of the molecule is O=C([O-])c1ccccc1-c1c2ccc(=[N+]3CCC3)cc-2oc2cc(N3CCC3)ccc12.O=C=O. The Hall–Kier alpha value is -4.22. The number of fused-ring (bicyclic) bond motifs is 2. The van der Waals surface area contributed by atoms with Crippen molar-refractivity contribution in [2.75, 3.05) is 31.1 Å². The van der Waals surface area contributed by atoms with Crippen molar-refractivity contribution < 1.29 is 23.9 Å². The van der Waals surface area contributed by atoms with E-state index in [1.165, 1.54) is 12.8 Å². The predicted molar refractivity (Wildman–Crippen MR) is 124 cm³/mol. The number of anilines is 1. The van der Waals surface area contributed by atoms with Gasteiger partial charge in [0.1, 0.15) is 24.4 Å². The zero-order valence-electron chi connectivity index (χ0n) is 18.5. The number of carboxylic acid groups (broad SMARTS) is 1. The highest BCUT2D eigenvalue weighted by Gasteiger charge is 2.23. The fourth-order valence-corrected chi connectivity index (χ4v) is 4.58. The van der Waals surface area contributed by atoms with E-state index in [4.69, 9.17) is 14.0 Å². The standard InChI is InChI=1S/C26H22N2O3.CO2/c29-26(30)20-6-2-1-5-19(20)25-21-9-7-17(27-11-3-12-27)15-23(21)31-24-16-18(8-10-22(24)25)28-13-4-14-28;2-1-3/h1-2,5-10,15-16H,3-4,11-14H2;. The third kappa shape index (κ3) is 3.76. The molecule has 0 amide bonds. The molecule has 0 aromatic heterocycles. The molecule has 0 saturated carbocycles. The summed E-state index contributed by atoms with van der Waals surface area (Å²) < 4.78 is 8.73. The monoisotopic (exact) mass is 454 g/mol. The molecule has 0 atom stereocenters. The van der Waals surface area contributed by atoms with Gasteiger partial charge in [0.25, 0.3) is 0 Å². The molecule has 0 bridgehead atoms. The summed E-state index contributed by atoms with van der Waals surface area (Å²) in [4.78, 5) is 30.5. The van der Waals surface area contributed by atoms with E-state index < -0.39 is 5.97 Å². The summed E-state index contributed by atoms with van der Waals surface area (Å²) in [5.41, 5.74) is 4.53. The van der Waals surface area contributed by atoms with Crippen molar-refractivity contribution in [3.63, 3.8) is 0 Å². The van der Waals surface area contributed by atoms with Crippen LogP contribution >= 0.6 is 0 Å². The molecule has 34 heavy (non-hydrogen) atoms. The fraction of sp³-hybridized carbons (Fsp3) is 0.222. The Morgan fingerprint density at radius 3 is 2.35 bits per heavy atom. The van der Waals surface area contributed by atoms with E-state index in [9.17, 15) is 9.90 Å². The summed E-state index contributed by atoms with van der Waals surface area (Å²) in [6.07, 6.45) is 2.66. The summed E-state index contributed by atoms with van der Waals surface area (Å²) in [7, 11) is 0. The van der Waals surface area contributed by atoms with E-state index in [1.54, 1.807) is 12.1 Å². The third-order valence-corrected chi connectivity index (χ3v) is 6.55. The van der Waals surface area contributed by atoms with E-state index in [0.29, 0.717) is 5.56 Å². The van der Waals surface area contributed by atoms with Gasteiger partial charge in [-0.1, -0.05) is 24.3 Å². The minimum atomic E-state index is -1.17. The summed E-state index contributed by atoms with van der Waals surface area (Å²) in [5.74, 6) is -0.409. The molecule has 7 nitrogen and oxygen atoms in total. The number of rotatable bonds is 3. The lowest BCUT2D eigenvalue weighted by Gasteiger charge is -2.33. The van der Waals surface area contributed by atoms with Crippen molar-refractivity contribution in [2.45, 2.75) is 12.8 Å². The lowest BCUT2D eigenvalue weighted by molar-refractivity contribution is -0.255. The van der Waals surface area contributed by atoms with Gasteiger partial charge in [-0.25, -0.2) is 4.58 Å². The van der Waals surface area contributed by atoms with Crippen molar-refractivity contribution >= 4 is 28.8 Å². The topological polar surface area (TPSA) is 93.7 Å². The maximum Gasteiger partial charge on any atom is 0.373 e. The van der Waals surface area contributed by atoms with E-state index in [1.807, 2.05) is 12.1 Å². The molecule has 0 N–H and O–H groups in total. The van der Waals surface area contributed by atoms with Gasteiger partial charge in [-0.2, -0.15) is 9.59 Å². The number of carbonyl (C=O) groups excluding carboxylic acids is 3. The number of carbonyl (C=O) groups is 1. The van der Waals surface area contributed by atoms with Gasteiger partial charge in [0.05, 0.1) is 18.5 Å². The zero-order chi connectivity index (χ0) is 23.7. The van der Waals surface area contributed by atoms with Crippen LogP contribution in [0.4, 0.5) is 5.69 Å². The smallest absolute Gasteiger partial charge is 0.373 e. The number of hydrogen-bond acceptors (Lipinski definition) is 6. The number of carboxylic acids is 1. The summed E-state index contributed by atoms with van der Waals surface area (Å²) in [6.45, 7) is 4.22. The molecule has 2 fully saturated rings. The second kappa shape index (κ2) is 8.96. The van der Waals surface area contributed by atoms with Crippen LogP contribution in [0.15, 0.2) is 65.1 Å². The number of benzene rings is 3. The largest absolute Gasteiger partial charge is 0.545 e. The average molecular weight is 454 g/mol. The molecule has 170 valence electrons. The van der Waals surface area contributed by atoms with Gasteiger partial charge in [-0.3, -0.25) is 0 Å². The molecule has 1 aliphatic carbocycles. The van der Waals surface area contributed by atoms with E-state index >= 15 is 0 Å². The number of aromatic carboxylic acids is 1. The second-order valence-corrected chi connectivity index (χ2v) is 8.44. The van der Waals surface area contributed by atoms with E-state index in [2.05, 4.69) is 45.9 Å². The number of hydrogen-bond donors (Lipinski definition) is 0. The quantitative estimate of drug-likeness (QED) is 0.349. The van der Waals surface area contributed by atoms with Gasteiger partial charge in [-0.05, 0) is 30.2 Å². The molecule has 2 aromatic rings. The Bertz CT molecular complexity index is 1470. The van der Waals surface area contributed by atoms with E-state index in [-0.39, 0.29) is 11.7 Å². The first kappa shape index (κ1) is 21.6. The van der Waals surface area contributed by atoms with Gasteiger partial charge in [0, 0.05) is 53.0 Å². The van der Waals surface area contributed by atoms with Crippen LogP contribution in [0.2, 0.25) is 0 Å². The van der Waals surface area contributed by atoms with Crippen LogP contribution in [0.1, 0.15) is 23.2 Å². The Morgan fingerprint density at radius 1 is 0.941 bits per heavy atom. The first-order valence-electron chi connectivity index (χ1n) is 11.2. The van der Waals surface area contributed by atoms with Crippen molar-refractivity contribution in [1.29, 1.82) is 0 Å². The molecule has 0 spiro atoms. The summed E-state index contributed by atoms with van der Waals surface area (Å²) in [5, 5.41) is 13.9. The minimum absolute atomic E-state index is 0.190. The molecule has 4 aliphatic rings. The molecule has 0 radical (unpaired) electrons. The predicted octanol–water partition coefficient (Wildman–Crippen LogP) is 2.37. The lowest BCUT2D eigenvalue weighted by Crippen LogP contribution is -2.40. The van der Waals surface area contributed by atoms with Crippen LogP contribution in [0, 0.1) is 0 Å². The molecule has 3 heterocycles. The molecule has 2 saturated heterocycles. The molecule has 3 aliphatic heterocycles. The highest BCUT2D eigenvalue weighted by molar-refractivity contribution is 6.07. The molecule has 7 heteroatoms. The summed E-state index contributed by atoms with van der Waals surface area (Å²) in [6, 6.07) is 19.5. The molecule has 6 rings (SSSR count). The van der Waals surface area contributed by atoms with Gasteiger partial charge in [0.15, 0.2) is 0 Å². The second-order valence-electron chi connectivity index (χ2n) is 8.44. The molecule has 2 aromatic carbocycles. The Kier molecular flexibility index (Phi) is 5.70. The third-order valence-electron chi connectivity index (χ3n) is 6.55. The Labute approximate surface area is 195 Å². The van der Waals surface area contributed by atoms with Crippen molar-refractivity contribution in [3.05, 3.63) is 71.6 Å². The van der Waals surface area contributed by atoms with Crippen LogP contribution in [0.25, 0.3) is 33.4 Å². The van der Waals surface area contributed by atoms with Crippen molar-refractivity contribution in [3.8, 4) is 22.5 Å². The van der Waals surface area contributed by atoms with Crippen molar-refractivity contribution in [2.24, 2.45) is 0 Å². The zero-order valence-corrected chi connectivity index (χ0v) is 18.5. The number of nitrogens with zero attached hydrogens (tertiary/aromatic N) is 2. The Balaban J connectivity index is 0.000000764. The molecular formula is C27H22N2O5. The lowest BCUT2D eigenvalue weighted by atomic mass is 9.90. The van der Waals surface area contributed by atoms with E-state index in [0.717, 1.165) is 65.1 Å². The van der Waals surface area contributed by atoms with Gasteiger partial charge >= 0.3 is 6.15 Å². The highest BCUT2D eigenvalue weighted by atomic mass is 16.4. The van der Waals surface area contributed by atoms with Crippen LogP contribution in [-0.4, -0.2) is 38.3 Å². The Morgan fingerprint density at radius 2 is 1.71 bits per heavy atom. The minimum Gasteiger partial charge on any atom is -0.545 e. The van der Waals surface area contributed by atoms with Gasteiger partial charge in [0.2, 0.25) is 5.36 Å². The first-order valence-corrected chi connectivity index (χ1v) is 11.2. The first-order chi connectivity index (χ1) is 16.6. The normalized spacial score (nSPS) is 14.6. The summed E-state index contributed by atoms with van der Waals surface area (Å²) >= 11 is 0.